The fraction of sp³-hybridized carbons (Fsp3) is 0.429. The lowest BCUT2D eigenvalue weighted by atomic mass is 10.0. The monoisotopic (exact) mass is 219 g/mol. The Morgan fingerprint density at radius 2 is 2.25 bits per heavy atom. The first-order chi connectivity index (χ1) is 7.75. The normalized spacial score (nSPS) is 20.0. The van der Waals surface area contributed by atoms with Gasteiger partial charge in [-0.25, -0.2) is 4.39 Å². The van der Waals surface area contributed by atoms with Crippen molar-refractivity contribution < 1.29 is 4.39 Å². The predicted octanol–water partition coefficient (Wildman–Crippen LogP) is 3.33. The summed E-state index contributed by atoms with van der Waals surface area (Å²) in [5.41, 5.74) is 1.89. The second kappa shape index (κ2) is 5.26. The molecule has 2 heteroatoms. The molecular weight excluding hydrogens is 201 g/mol. The Labute approximate surface area is 96.4 Å². The summed E-state index contributed by atoms with van der Waals surface area (Å²) in [6, 6.07) is 5.78. The molecule has 1 aliphatic rings. The summed E-state index contributed by atoms with van der Waals surface area (Å²) < 4.78 is 13.5. The molecule has 0 radical (unpaired) electrons. The first-order valence-corrected chi connectivity index (χ1v) is 5.89. The van der Waals surface area contributed by atoms with Crippen LogP contribution in [0.15, 0.2) is 30.4 Å². The second-order valence-electron chi connectivity index (χ2n) is 4.46. The van der Waals surface area contributed by atoms with E-state index in [2.05, 4.69) is 17.5 Å². The van der Waals surface area contributed by atoms with Gasteiger partial charge in [0, 0.05) is 18.2 Å². The Bertz CT molecular complexity index is 384. The van der Waals surface area contributed by atoms with Crippen LogP contribution < -0.4 is 5.32 Å². The number of hydrogen-bond acceptors (Lipinski definition) is 1. The highest BCUT2D eigenvalue weighted by Crippen LogP contribution is 2.13. The van der Waals surface area contributed by atoms with Crippen molar-refractivity contribution in [3.63, 3.8) is 0 Å². The Hall–Kier alpha value is -1.15. The maximum Gasteiger partial charge on any atom is 0.127 e. The maximum atomic E-state index is 13.5. The van der Waals surface area contributed by atoms with Gasteiger partial charge >= 0.3 is 0 Å². The third-order valence-electron chi connectivity index (χ3n) is 3.05. The van der Waals surface area contributed by atoms with Gasteiger partial charge in [-0.2, -0.15) is 0 Å². The van der Waals surface area contributed by atoms with E-state index in [1.807, 2.05) is 19.1 Å². The van der Waals surface area contributed by atoms with Gasteiger partial charge in [0.15, 0.2) is 0 Å². The molecule has 0 aromatic heterocycles. The zero-order valence-electron chi connectivity index (χ0n) is 9.67. The largest absolute Gasteiger partial charge is 0.309 e. The molecule has 2 rings (SSSR count). The van der Waals surface area contributed by atoms with E-state index in [1.165, 1.54) is 0 Å². The van der Waals surface area contributed by atoms with E-state index in [9.17, 15) is 4.39 Å². The molecular formula is C14H18FN. The van der Waals surface area contributed by atoms with Gasteiger partial charge in [0.05, 0.1) is 0 Å². The Kier molecular flexibility index (Phi) is 3.73. The SMILES string of the molecule is Cc1ccc(F)c(CNC2CC=CCC2)c1. The van der Waals surface area contributed by atoms with Crippen LogP contribution in [0.2, 0.25) is 0 Å². The number of nitrogens with one attached hydrogen (secondary N) is 1. The molecule has 86 valence electrons. The Balaban J connectivity index is 1.93. The van der Waals surface area contributed by atoms with Crippen molar-refractivity contribution in [2.45, 2.75) is 38.8 Å². The minimum Gasteiger partial charge on any atom is -0.309 e. The molecule has 1 aromatic carbocycles. The van der Waals surface area contributed by atoms with Crippen LogP contribution in [-0.4, -0.2) is 6.04 Å². The topological polar surface area (TPSA) is 12.0 Å². The summed E-state index contributed by atoms with van der Waals surface area (Å²) >= 11 is 0. The van der Waals surface area contributed by atoms with Crippen LogP contribution >= 0.6 is 0 Å². The van der Waals surface area contributed by atoms with Crippen LogP contribution in [0.1, 0.15) is 30.4 Å². The molecule has 1 aliphatic carbocycles. The van der Waals surface area contributed by atoms with Gasteiger partial charge in [0.2, 0.25) is 0 Å². The number of hydrogen-bond donors (Lipinski definition) is 1. The van der Waals surface area contributed by atoms with E-state index in [0.29, 0.717) is 12.6 Å². The van der Waals surface area contributed by atoms with Crippen molar-refractivity contribution in [1.29, 1.82) is 0 Å². The molecule has 16 heavy (non-hydrogen) atoms. The van der Waals surface area contributed by atoms with Gasteiger partial charge < -0.3 is 5.32 Å². The molecule has 1 unspecified atom stereocenters. The number of halogens is 1. The molecule has 1 N–H and O–H groups in total. The molecule has 0 amide bonds. The van der Waals surface area contributed by atoms with Crippen LogP contribution in [0.4, 0.5) is 4.39 Å². The molecule has 1 aromatic rings. The van der Waals surface area contributed by atoms with E-state index in [0.717, 1.165) is 30.4 Å². The summed E-state index contributed by atoms with van der Waals surface area (Å²) in [5, 5.41) is 3.41. The fourth-order valence-corrected chi connectivity index (χ4v) is 2.07. The van der Waals surface area contributed by atoms with Crippen molar-refractivity contribution in [3.8, 4) is 0 Å². The summed E-state index contributed by atoms with van der Waals surface area (Å²) in [4.78, 5) is 0. The van der Waals surface area contributed by atoms with Crippen LogP contribution in [0.5, 0.6) is 0 Å². The van der Waals surface area contributed by atoms with Crippen molar-refractivity contribution >= 4 is 0 Å². The lowest BCUT2D eigenvalue weighted by molar-refractivity contribution is 0.466. The van der Waals surface area contributed by atoms with Crippen molar-refractivity contribution in [1.82, 2.24) is 5.32 Å². The number of rotatable bonds is 3. The van der Waals surface area contributed by atoms with E-state index in [-0.39, 0.29) is 5.82 Å². The molecule has 0 bridgehead atoms. The van der Waals surface area contributed by atoms with Crippen LogP contribution in [-0.2, 0) is 6.54 Å². The van der Waals surface area contributed by atoms with Gasteiger partial charge in [-0.1, -0.05) is 29.8 Å². The summed E-state index contributed by atoms with van der Waals surface area (Å²) in [5.74, 6) is -0.107. The van der Waals surface area contributed by atoms with Crippen molar-refractivity contribution in [3.05, 3.63) is 47.3 Å². The standard InChI is InChI=1S/C14H18FN/c1-11-7-8-14(15)12(9-11)10-16-13-5-3-2-4-6-13/h2-3,7-9,13,16H,4-6,10H2,1H3. The average Bonchev–Trinajstić information content (AvgIpc) is 2.32. The minimum atomic E-state index is -0.107. The van der Waals surface area contributed by atoms with Crippen molar-refractivity contribution in [2.24, 2.45) is 0 Å². The van der Waals surface area contributed by atoms with E-state index >= 15 is 0 Å². The van der Waals surface area contributed by atoms with Gasteiger partial charge in [0.1, 0.15) is 5.82 Å². The Morgan fingerprint density at radius 1 is 1.38 bits per heavy atom. The zero-order chi connectivity index (χ0) is 11.4. The van der Waals surface area contributed by atoms with E-state index < -0.39 is 0 Å². The molecule has 0 saturated heterocycles. The second-order valence-corrected chi connectivity index (χ2v) is 4.46. The van der Waals surface area contributed by atoms with E-state index in [1.54, 1.807) is 6.07 Å². The van der Waals surface area contributed by atoms with Crippen LogP contribution in [0.25, 0.3) is 0 Å². The highest BCUT2D eigenvalue weighted by Gasteiger charge is 2.10. The smallest absolute Gasteiger partial charge is 0.127 e. The highest BCUT2D eigenvalue weighted by atomic mass is 19.1. The van der Waals surface area contributed by atoms with E-state index in [4.69, 9.17) is 0 Å². The first kappa shape index (κ1) is 11.3. The van der Waals surface area contributed by atoms with Gasteiger partial charge in [-0.15, -0.1) is 0 Å². The minimum absolute atomic E-state index is 0.107. The maximum absolute atomic E-state index is 13.5. The molecule has 0 spiro atoms. The lowest BCUT2D eigenvalue weighted by Crippen LogP contribution is -2.29. The third kappa shape index (κ3) is 2.92. The first-order valence-electron chi connectivity index (χ1n) is 5.89. The summed E-state index contributed by atoms with van der Waals surface area (Å²) in [7, 11) is 0. The molecule has 0 saturated carbocycles. The number of benzene rings is 1. The van der Waals surface area contributed by atoms with Gasteiger partial charge in [-0.05, 0) is 32.3 Å². The molecule has 1 nitrogen and oxygen atoms in total. The molecule has 0 fully saturated rings. The molecule has 1 atom stereocenters. The molecule has 0 heterocycles. The van der Waals surface area contributed by atoms with Crippen LogP contribution in [0.3, 0.4) is 0 Å². The predicted molar refractivity (Wildman–Crippen MR) is 64.8 cm³/mol. The van der Waals surface area contributed by atoms with Gasteiger partial charge in [-0.3, -0.25) is 0 Å². The summed E-state index contributed by atoms with van der Waals surface area (Å²) in [6.45, 7) is 2.62. The van der Waals surface area contributed by atoms with Gasteiger partial charge in [0.25, 0.3) is 0 Å². The average molecular weight is 219 g/mol. The zero-order valence-corrected chi connectivity index (χ0v) is 9.67. The Morgan fingerprint density at radius 3 is 3.00 bits per heavy atom. The van der Waals surface area contributed by atoms with Crippen molar-refractivity contribution in [2.75, 3.05) is 0 Å². The highest BCUT2D eigenvalue weighted by molar-refractivity contribution is 5.24. The summed E-state index contributed by atoms with van der Waals surface area (Å²) in [6.07, 6.45) is 7.77. The molecule has 0 aliphatic heterocycles. The lowest BCUT2D eigenvalue weighted by Gasteiger charge is -2.19. The fourth-order valence-electron chi connectivity index (χ4n) is 2.07. The third-order valence-corrected chi connectivity index (χ3v) is 3.05. The quantitative estimate of drug-likeness (QED) is 0.769. The number of allylic oxidation sites excluding steroid dienone is 1. The number of aryl methyl sites for hydroxylation is 1. The van der Waals surface area contributed by atoms with Crippen LogP contribution in [0, 0.1) is 12.7 Å².